The molecule has 0 saturated carbocycles. The van der Waals surface area contributed by atoms with E-state index in [1.165, 1.54) is 0 Å². The molecule has 1 N–H and O–H groups in total. The number of sulfone groups is 1. The highest BCUT2D eigenvalue weighted by molar-refractivity contribution is 7.91. The molecule has 1 fully saturated rings. The first-order valence-corrected chi connectivity index (χ1v) is 7.50. The quantitative estimate of drug-likeness (QED) is 0.846. The fourth-order valence-corrected chi connectivity index (χ4v) is 3.33. The van der Waals surface area contributed by atoms with Gasteiger partial charge in [-0.05, 0) is 24.1 Å². The maximum atomic E-state index is 11.4. The first kappa shape index (κ1) is 12.4. The molecule has 1 heterocycles. The minimum absolute atomic E-state index is 0.0372. The van der Waals surface area contributed by atoms with Crippen molar-refractivity contribution >= 4 is 15.5 Å². The molecule has 4 nitrogen and oxygen atoms in total. The maximum Gasteiger partial charge on any atom is 0.153 e. The second-order valence-corrected chi connectivity index (χ2v) is 6.72. The highest BCUT2D eigenvalue weighted by Crippen LogP contribution is 2.23. The minimum Gasteiger partial charge on any atom is -0.392 e. The van der Waals surface area contributed by atoms with Gasteiger partial charge in [-0.3, -0.25) is 0 Å². The van der Waals surface area contributed by atoms with E-state index in [9.17, 15) is 8.42 Å². The number of anilines is 1. The minimum atomic E-state index is -2.83. The van der Waals surface area contributed by atoms with Crippen molar-refractivity contribution in [3.8, 4) is 0 Å². The molecule has 94 valence electrons. The molecule has 2 rings (SSSR count). The second-order valence-electron chi connectivity index (χ2n) is 4.42. The number of aliphatic hydroxyl groups excluding tert-OH is 1. The Bertz CT molecular complexity index is 496. The summed E-state index contributed by atoms with van der Waals surface area (Å²) in [6, 6.07) is 5.78. The lowest BCUT2D eigenvalue weighted by Gasteiger charge is -2.30. The molecule has 1 aliphatic heterocycles. The largest absolute Gasteiger partial charge is 0.392 e. The maximum absolute atomic E-state index is 11.4. The summed E-state index contributed by atoms with van der Waals surface area (Å²) >= 11 is 0. The van der Waals surface area contributed by atoms with Crippen molar-refractivity contribution in [2.45, 2.75) is 13.5 Å². The van der Waals surface area contributed by atoms with Crippen molar-refractivity contribution < 1.29 is 13.5 Å². The molecule has 0 atom stereocenters. The summed E-state index contributed by atoms with van der Waals surface area (Å²) < 4.78 is 22.7. The average Bonchev–Trinajstić information content (AvgIpc) is 2.29. The summed E-state index contributed by atoms with van der Waals surface area (Å²) in [5.74, 6) is 0.461. The van der Waals surface area contributed by atoms with E-state index in [1.807, 2.05) is 25.1 Å². The predicted molar refractivity (Wildman–Crippen MR) is 68.0 cm³/mol. The second kappa shape index (κ2) is 4.66. The predicted octanol–water partition coefficient (Wildman–Crippen LogP) is 0.722. The highest BCUT2D eigenvalue weighted by Gasteiger charge is 2.22. The van der Waals surface area contributed by atoms with Gasteiger partial charge in [-0.25, -0.2) is 8.42 Å². The van der Waals surface area contributed by atoms with Gasteiger partial charge < -0.3 is 10.0 Å². The average molecular weight is 255 g/mol. The Hall–Kier alpha value is -1.07. The lowest BCUT2D eigenvalue weighted by atomic mass is 10.1. The third-order valence-electron chi connectivity index (χ3n) is 3.13. The summed E-state index contributed by atoms with van der Waals surface area (Å²) in [5.41, 5.74) is 3.03. The van der Waals surface area contributed by atoms with E-state index < -0.39 is 9.84 Å². The van der Waals surface area contributed by atoms with Crippen LogP contribution in [-0.2, 0) is 16.4 Å². The first-order valence-electron chi connectivity index (χ1n) is 5.67. The van der Waals surface area contributed by atoms with E-state index in [0.29, 0.717) is 13.1 Å². The zero-order valence-corrected chi connectivity index (χ0v) is 10.7. The van der Waals surface area contributed by atoms with Crippen LogP contribution in [0.3, 0.4) is 0 Å². The Balaban J connectivity index is 2.19. The zero-order chi connectivity index (χ0) is 12.5. The molecule has 0 unspecified atom stereocenters. The third kappa shape index (κ3) is 2.79. The van der Waals surface area contributed by atoms with Gasteiger partial charge in [-0.15, -0.1) is 0 Å². The summed E-state index contributed by atoms with van der Waals surface area (Å²) in [6.45, 7) is 3.14. The van der Waals surface area contributed by atoms with Crippen LogP contribution < -0.4 is 4.90 Å². The molecule has 0 amide bonds. The fourth-order valence-electron chi connectivity index (χ4n) is 2.12. The van der Waals surface area contributed by atoms with E-state index in [1.54, 1.807) is 0 Å². The zero-order valence-electron chi connectivity index (χ0n) is 9.89. The number of rotatable bonds is 2. The smallest absolute Gasteiger partial charge is 0.153 e. The van der Waals surface area contributed by atoms with Crippen LogP contribution in [0.2, 0.25) is 0 Å². The summed E-state index contributed by atoms with van der Waals surface area (Å²) in [6.07, 6.45) is 0. The molecule has 0 aromatic heterocycles. The van der Waals surface area contributed by atoms with Crippen molar-refractivity contribution in [2.75, 3.05) is 29.5 Å². The summed E-state index contributed by atoms with van der Waals surface area (Å²) in [4.78, 5) is 2.09. The van der Waals surface area contributed by atoms with Crippen LogP contribution in [-0.4, -0.2) is 38.1 Å². The molecular weight excluding hydrogens is 238 g/mol. The van der Waals surface area contributed by atoms with E-state index in [-0.39, 0.29) is 18.1 Å². The Kier molecular flexibility index (Phi) is 3.40. The topological polar surface area (TPSA) is 57.6 Å². The fraction of sp³-hybridized carbons (Fsp3) is 0.500. The molecule has 1 saturated heterocycles. The van der Waals surface area contributed by atoms with Crippen molar-refractivity contribution in [3.63, 3.8) is 0 Å². The van der Waals surface area contributed by atoms with Gasteiger partial charge in [-0.2, -0.15) is 0 Å². The van der Waals surface area contributed by atoms with Gasteiger partial charge in [0.2, 0.25) is 0 Å². The van der Waals surface area contributed by atoms with Gasteiger partial charge in [0, 0.05) is 18.8 Å². The number of aliphatic hydroxyl groups is 1. The highest BCUT2D eigenvalue weighted by atomic mass is 32.2. The van der Waals surface area contributed by atoms with Crippen LogP contribution in [0.15, 0.2) is 18.2 Å². The Morgan fingerprint density at radius 3 is 2.47 bits per heavy atom. The molecule has 5 heteroatoms. The number of nitrogens with zero attached hydrogens (tertiary/aromatic N) is 1. The van der Waals surface area contributed by atoms with Crippen LogP contribution >= 0.6 is 0 Å². The van der Waals surface area contributed by atoms with Gasteiger partial charge in [0.1, 0.15) is 0 Å². The molecule has 17 heavy (non-hydrogen) atoms. The molecule has 0 aliphatic carbocycles. The van der Waals surface area contributed by atoms with Crippen LogP contribution in [0.25, 0.3) is 0 Å². The molecule has 1 aromatic carbocycles. The number of hydrogen-bond acceptors (Lipinski definition) is 4. The first-order chi connectivity index (χ1) is 8.02. The summed E-state index contributed by atoms with van der Waals surface area (Å²) in [5, 5.41) is 9.04. The van der Waals surface area contributed by atoms with Crippen LogP contribution in [0.4, 0.5) is 5.69 Å². The number of hydrogen-bond donors (Lipinski definition) is 1. The van der Waals surface area contributed by atoms with Crippen molar-refractivity contribution in [1.29, 1.82) is 0 Å². The van der Waals surface area contributed by atoms with Gasteiger partial charge in [0.25, 0.3) is 0 Å². The summed E-state index contributed by atoms with van der Waals surface area (Å²) in [7, 11) is -2.83. The van der Waals surface area contributed by atoms with Crippen molar-refractivity contribution in [3.05, 3.63) is 29.3 Å². The van der Waals surface area contributed by atoms with Gasteiger partial charge in [0.05, 0.1) is 18.1 Å². The van der Waals surface area contributed by atoms with Gasteiger partial charge >= 0.3 is 0 Å². The lowest BCUT2D eigenvalue weighted by Crippen LogP contribution is -2.40. The normalized spacial score (nSPS) is 19.3. The lowest BCUT2D eigenvalue weighted by molar-refractivity contribution is 0.282. The molecule has 0 bridgehead atoms. The van der Waals surface area contributed by atoms with Crippen LogP contribution in [0.5, 0.6) is 0 Å². The monoisotopic (exact) mass is 255 g/mol. The van der Waals surface area contributed by atoms with Crippen LogP contribution in [0, 0.1) is 6.92 Å². The van der Waals surface area contributed by atoms with Crippen molar-refractivity contribution in [2.24, 2.45) is 0 Å². The van der Waals surface area contributed by atoms with Gasteiger partial charge in [0.15, 0.2) is 9.84 Å². The molecule has 1 aliphatic rings. The molecule has 0 radical (unpaired) electrons. The van der Waals surface area contributed by atoms with Crippen LogP contribution in [0.1, 0.15) is 11.1 Å². The standard InChI is InChI=1S/C12H17NO3S/c1-10-8-11(9-14)2-3-12(10)13-4-6-17(15,16)7-5-13/h2-3,8,14H,4-7,9H2,1H3. The van der Waals surface area contributed by atoms with E-state index in [2.05, 4.69) is 4.90 Å². The van der Waals surface area contributed by atoms with E-state index in [0.717, 1.165) is 16.8 Å². The van der Waals surface area contributed by atoms with Gasteiger partial charge in [-0.1, -0.05) is 12.1 Å². The molecule has 1 aromatic rings. The third-order valence-corrected chi connectivity index (χ3v) is 4.74. The van der Waals surface area contributed by atoms with E-state index in [4.69, 9.17) is 5.11 Å². The Morgan fingerprint density at radius 2 is 1.94 bits per heavy atom. The SMILES string of the molecule is Cc1cc(CO)ccc1N1CCS(=O)(=O)CC1. The van der Waals surface area contributed by atoms with Crippen molar-refractivity contribution in [1.82, 2.24) is 0 Å². The Labute approximate surface area is 102 Å². The Morgan fingerprint density at radius 1 is 1.29 bits per heavy atom. The number of benzene rings is 1. The molecular formula is C12H17NO3S. The van der Waals surface area contributed by atoms with E-state index >= 15 is 0 Å². The molecule has 0 spiro atoms. The number of aryl methyl sites for hydroxylation is 1.